The van der Waals surface area contributed by atoms with Crippen molar-refractivity contribution >= 4 is 45.4 Å². The number of halogens is 1. The van der Waals surface area contributed by atoms with Crippen molar-refractivity contribution in [2.24, 2.45) is 0 Å². The van der Waals surface area contributed by atoms with Crippen LogP contribution < -0.4 is 9.64 Å². The van der Waals surface area contributed by atoms with Gasteiger partial charge in [-0.1, -0.05) is 12.1 Å². The number of aromatic nitrogens is 2. The average Bonchev–Trinajstić information content (AvgIpc) is 3.12. The molecule has 0 unspecified atom stereocenters. The maximum absolute atomic E-state index is 11.0. The number of piperazine rings is 1. The zero-order chi connectivity index (χ0) is 18.8. The molecule has 8 heteroatoms. The van der Waals surface area contributed by atoms with Crippen molar-refractivity contribution in [1.82, 2.24) is 14.9 Å². The van der Waals surface area contributed by atoms with E-state index < -0.39 is 0 Å². The molecule has 0 atom stereocenters. The number of hydrogen-bond acceptors (Lipinski definition) is 6. The Morgan fingerprint density at radius 2 is 1.93 bits per heavy atom. The fourth-order valence-electron chi connectivity index (χ4n) is 3.28. The van der Waals surface area contributed by atoms with E-state index >= 15 is 0 Å². The second-order valence-corrected chi connectivity index (χ2v) is 7.43. The summed E-state index contributed by atoms with van der Waals surface area (Å²) in [6, 6.07) is 8.05. The van der Waals surface area contributed by atoms with Gasteiger partial charge in [0, 0.05) is 37.1 Å². The number of amides is 1. The molecule has 0 N–H and O–H groups in total. The van der Waals surface area contributed by atoms with E-state index in [0.29, 0.717) is 19.7 Å². The van der Waals surface area contributed by atoms with Crippen LogP contribution in [-0.4, -0.2) is 54.1 Å². The molecule has 2 aromatic heterocycles. The third-order valence-corrected chi connectivity index (χ3v) is 5.67. The van der Waals surface area contributed by atoms with Crippen molar-refractivity contribution in [2.45, 2.75) is 6.92 Å². The van der Waals surface area contributed by atoms with Crippen LogP contribution in [0.5, 0.6) is 5.75 Å². The standard InChI is InChI=1S/C19H19ClN4O2S/c1-2-26-14-5-3-13(4-6-14)15-11-27-18-16(15)17(21-19(20)22-18)24-9-7-23(12-25)8-10-24/h3-6,11-12H,2,7-10H2,1H3. The molecule has 0 bridgehead atoms. The molecule has 27 heavy (non-hydrogen) atoms. The molecule has 3 heterocycles. The largest absolute Gasteiger partial charge is 0.494 e. The molecule has 0 spiro atoms. The van der Waals surface area contributed by atoms with Crippen LogP contribution in [0.1, 0.15) is 6.92 Å². The maximum atomic E-state index is 11.0. The van der Waals surface area contributed by atoms with E-state index in [0.717, 1.165) is 52.4 Å². The molecule has 1 aliphatic heterocycles. The van der Waals surface area contributed by atoms with Crippen molar-refractivity contribution in [1.29, 1.82) is 0 Å². The van der Waals surface area contributed by atoms with Crippen molar-refractivity contribution in [3.05, 3.63) is 34.9 Å². The van der Waals surface area contributed by atoms with Crippen molar-refractivity contribution in [3.63, 3.8) is 0 Å². The summed E-state index contributed by atoms with van der Waals surface area (Å²) >= 11 is 7.75. The summed E-state index contributed by atoms with van der Waals surface area (Å²) < 4.78 is 5.54. The minimum absolute atomic E-state index is 0.246. The normalized spacial score (nSPS) is 14.6. The Kier molecular flexibility index (Phi) is 5.13. The van der Waals surface area contributed by atoms with E-state index in [1.165, 1.54) is 0 Å². The highest BCUT2D eigenvalue weighted by Gasteiger charge is 2.23. The van der Waals surface area contributed by atoms with Gasteiger partial charge in [-0.15, -0.1) is 11.3 Å². The van der Waals surface area contributed by atoms with Gasteiger partial charge in [-0.25, -0.2) is 4.98 Å². The van der Waals surface area contributed by atoms with Gasteiger partial charge in [0.25, 0.3) is 0 Å². The Labute approximate surface area is 166 Å². The fraction of sp³-hybridized carbons (Fsp3) is 0.316. The number of anilines is 1. The van der Waals surface area contributed by atoms with Crippen LogP contribution in [0.15, 0.2) is 29.6 Å². The molecule has 0 aliphatic carbocycles. The van der Waals surface area contributed by atoms with Gasteiger partial charge in [-0.2, -0.15) is 4.98 Å². The first-order valence-corrected chi connectivity index (χ1v) is 10.1. The van der Waals surface area contributed by atoms with Crippen molar-refractivity contribution in [2.75, 3.05) is 37.7 Å². The van der Waals surface area contributed by atoms with Gasteiger partial charge in [-0.3, -0.25) is 4.79 Å². The fourth-order valence-corrected chi connectivity index (χ4v) is 4.43. The zero-order valence-electron chi connectivity index (χ0n) is 14.9. The summed E-state index contributed by atoms with van der Waals surface area (Å²) in [7, 11) is 0. The second kappa shape index (κ2) is 7.70. The first-order chi connectivity index (χ1) is 13.2. The lowest BCUT2D eigenvalue weighted by Gasteiger charge is -2.33. The Morgan fingerprint density at radius 1 is 1.19 bits per heavy atom. The summed E-state index contributed by atoms with van der Waals surface area (Å²) in [4.78, 5) is 24.8. The molecule has 6 nitrogen and oxygen atoms in total. The lowest BCUT2D eigenvalue weighted by molar-refractivity contribution is -0.118. The van der Waals surface area contributed by atoms with Crippen LogP contribution in [0.4, 0.5) is 5.82 Å². The highest BCUT2D eigenvalue weighted by molar-refractivity contribution is 7.17. The number of hydrogen-bond donors (Lipinski definition) is 0. The minimum Gasteiger partial charge on any atom is -0.494 e. The molecule has 1 aromatic carbocycles. The number of rotatable bonds is 5. The molecule has 1 fully saturated rings. The number of benzene rings is 1. The lowest BCUT2D eigenvalue weighted by atomic mass is 10.1. The lowest BCUT2D eigenvalue weighted by Crippen LogP contribution is -2.46. The quantitative estimate of drug-likeness (QED) is 0.481. The SMILES string of the molecule is CCOc1ccc(-c2csc3nc(Cl)nc(N4CCN(C=O)CC4)c23)cc1. The van der Waals surface area contributed by atoms with Crippen molar-refractivity contribution in [3.8, 4) is 16.9 Å². The van der Waals surface area contributed by atoms with Gasteiger partial charge >= 0.3 is 0 Å². The van der Waals surface area contributed by atoms with Gasteiger partial charge in [0.15, 0.2) is 0 Å². The summed E-state index contributed by atoms with van der Waals surface area (Å²) in [5.41, 5.74) is 2.17. The summed E-state index contributed by atoms with van der Waals surface area (Å²) in [6.07, 6.45) is 0.899. The number of carbonyl (C=O) groups is 1. The summed E-state index contributed by atoms with van der Waals surface area (Å²) in [6.45, 7) is 5.41. The van der Waals surface area contributed by atoms with Crippen molar-refractivity contribution < 1.29 is 9.53 Å². The third kappa shape index (κ3) is 3.57. The molecular weight excluding hydrogens is 384 g/mol. The highest BCUT2D eigenvalue weighted by atomic mass is 35.5. The molecule has 0 radical (unpaired) electrons. The van der Waals surface area contributed by atoms with E-state index in [4.69, 9.17) is 16.3 Å². The zero-order valence-corrected chi connectivity index (χ0v) is 16.5. The first-order valence-electron chi connectivity index (χ1n) is 8.82. The molecule has 1 aliphatic rings. The Hall–Kier alpha value is -2.38. The number of thiophene rings is 1. The Morgan fingerprint density at radius 3 is 2.59 bits per heavy atom. The molecule has 1 amide bonds. The van der Waals surface area contributed by atoms with E-state index in [1.807, 2.05) is 19.1 Å². The van der Waals surface area contributed by atoms with Gasteiger partial charge in [0.2, 0.25) is 11.7 Å². The number of carbonyl (C=O) groups excluding carboxylic acids is 1. The van der Waals surface area contributed by atoms with Crippen LogP contribution in [0, 0.1) is 0 Å². The second-order valence-electron chi connectivity index (χ2n) is 6.23. The van der Waals surface area contributed by atoms with Gasteiger partial charge in [0.05, 0.1) is 12.0 Å². The summed E-state index contributed by atoms with van der Waals surface area (Å²) in [5.74, 6) is 1.69. The molecule has 3 aromatic rings. The van der Waals surface area contributed by atoms with E-state index in [-0.39, 0.29) is 5.28 Å². The van der Waals surface area contributed by atoms with E-state index in [2.05, 4.69) is 32.4 Å². The molecular formula is C19H19ClN4O2S. The van der Waals surface area contributed by atoms with Crippen LogP contribution in [-0.2, 0) is 4.79 Å². The van der Waals surface area contributed by atoms with Gasteiger partial charge in [-0.05, 0) is 36.2 Å². The smallest absolute Gasteiger partial charge is 0.225 e. The summed E-state index contributed by atoms with van der Waals surface area (Å²) in [5, 5.41) is 3.35. The number of nitrogens with zero attached hydrogens (tertiary/aromatic N) is 4. The minimum atomic E-state index is 0.246. The van der Waals surface area contributed by atoms with Crippen LogP contribution in [0.2, 0.25) is 5.28 Å². The number of fused-ring (bicyclic) bond motifs is 1. The molecule has 140 valence electrons. The number of ether oxygens (including phenoxy) is 1. The van der Waals surface area contributed by atoms with Crippen LogP contribution >= 0.6 is 22.9 Å². The van der Waals surface area contributed by atoms with Crippen LogP contribution in [0.25, 0.3) is 21.3 Å². The predicted octanol–water partition coefficient (Wildman–Crippen LogP) is 3.69. The van der Waals surface area contributed by atoms with Gasteiger partial charge < -0.3 is 14.5 Å². The first kappa shape index (κ1) is 18.0. The molecule has 1 saturated heterocycles. The average molecular weight is 403 g/mol. The molecule has 0 saturated carbocycles. The van der Waals surface area contributed by atoms with E-state index in [9.17, 15) is 4.79 Å². The topological polar surface area (TPSA) is 58.6 Å². The molecule has 4 rings (SSSR count). The predicted molar refractivity (Wildman–Crippen MR) is 109 cm³/mol. The highest BCUT2D eigenvalue weighted by Crippen LogP contribution is 2.39. The Balaban J connectivity index is 1.75. The third-order valence-electron chi connectivity index (χ3n) is 4.63. The van der Waals surface area contributed by atoms with E-state index in [1.54, 1.807) is 16.2 Å². The van der Waals surface area contributed by atoms with Crippen LogP contribution in [0.3, 0.4) is 0 Å². The maximum Gasteiger partial charge on any atom is 0.225 e. The van der Waals surface area contributed by atoms with Gasteiger partial charge in [0.1, 0.15) is 16.4 Å². The Bertz CT molecular complexity index is 952. The monoisotopic (exact) mass is 402 g/mol.